The fourth-order valence-electron chi connectivity index (χ4n) is 6.22. The number of carbonyl (C=O) groups is 1. The van der Waals surface area contributed by atoms with Gasteiger partial charge in [0.1, 0.15) is 10.4 Å². The zero-order chi connectivity index (χ0) is 21.1. The Morgan fingerprint density at radius 1 is 1.00 bits per heavy atom. The molecule has 4 aliphatic carbocycles. The molecule has 7 heteroatoms. The standard InChI is InChI=1S/C23H29N3O3S/c1-23(2,22(27)25-20-17-10-14-9-15(12-17)13-18(20)11-14)26-30(28,29)19-7-3-5-16-6-4-8-24-21(16)19/h3-8,14-15,17-18,20,26H,9-13H2,1-2H3,(H,25,27). The van der Waals surface area contributed by atoms with Gasteiger partial charge in [0.05, 0.1) is 5.52 Å². The van der Waals surface area contributed by atoms with Gasteiger partial charge in [-0.1, -0.05) is 18.2 Å². The molecule has 0 unspecified atom stereocenters. The van der Waals surface area contributed by atoms with E-state index >= 15 is 0 Å². The van der Waals surface area contributed by atoms with E-state index in [1.54, 1.807) is 32.2 Å². The van der Waals surface area contributed by atoms with Crippen LogP contribution < -0.4 is 10.0 Å². The second-order valence-electron chi connectivity index (χ2n) is 9.99. The number of amides is 1. The number of aromatic nitrogens is 1. The Kier molecular flexibility index (Phi) is 4.67. The number of pyridine rings is 1. The Morgan fingerprint density at radius 3 is 2.30 bits per heavy atom. The van der Waals surface area contributed by atoms with Crippen LogP contribution in [0.5, 0.6) is 0 Å². The van der Waals surface area contributed by atoms with Crippen LogP contribution in [-0.2, 0) is 14.8 Å². The highest BCUT2D eigenvalue weighted by molar-refractivity contribution is 7.89. The van der Waals surface area contributed by atoms with Gasteiger partial charge in [0, 0.05) is 17.6 Å². The lowest BCUT2D eigenvalue weighted by Gasteiger charge is -2.54. The lowest BCUT2D eigenvalue weighted by molar-refractivity contribution is -0.129. The van der Waals surface area contributed by atoms with E-state index in [4.69, 9.17) is 0 Å². The summed E-state index contributed by atoms with van der Waals surface area (Å²) in [5.41, 5.74) is -0.852. The lowest BCUT2D eigenvalue weighted by atomic mass is 9.54. The number of nitrogens with zero attached hydrogens (tertiary/aromatic N) is 1. The third-order valence-corrected chi connectivity index (χ3v) is 9.05. The van der Waals surface area contributed by atoms with E-state index in [1.807, 2.05) is 12.1 Å². The van der Waals surface area contributed by atoms with Crippen molar-refractivity contribution in [3.8, 4) is 0 Å². The summed E-state index contributed by atoms with van der Waals surface area (Å²) < 4.78 is 29.0. The summed E-state index contributed by atoms with van der Waals surface area (Å²) in [6.45, 7) is 3.27. The van der Waals surface area contributed by atoms with Crippen molar-refractivity contribution in [2.75, 3.05) is 0 Å². The smallest absolute Gasteiger partial charge is 0.243 e. The van der Waals surface area contributed by atoms with Crippen molar-refractivity contribution >= 4 is 26.8 Å². The summed E-state index contributed by atoms with van der Waals surface area (Å²) in [6, 6.07) is 8.82. The van der Waals surface area contributed by atoms with Crippen LogP contribution >= 0.6 is 0 Å². The first-order chi connectivity index (χ1) is 14.2. The van der Waals surface area contributed by atoms with Gasteiger partial charge >= 0.3 is 0 Å². The molecule has 30 heavy (non-hydrogen) atoms. The van der Waals surface area contributed by atoms with Crippen LogP contribution in [0, 0.1) is 23.7 Å². The average Bonchev–Trinajstić information content (AvgIpc) is 2.68. The normalized spacial score (nSPS) is 30.5. The lowest BCUT2D eigenvalue weighted by Crippen LogP contribution is -2.62. The Morgan fingerprint density at radius 2 is 1.63 bits per heavy atom. The van der Waals surface area contributed by atoms with E-state index in [1.165, 1.54) is 38.2 Å². The molecule has 4 saturated carbocycles. The van der Waals surface area contributed by atoms with Gasteiger partial charge in [0.2, 0.25) is 15.9 Å². The Balaban J connectivity index is 1.35. The predicted octanol–water partition coefficient (Wildman–Crippen LogP) is 3.23. The number of sulfonamides is 1. The SMILES string of the molecule is CC(C)(NS(=O)(=O)c1cccc2cccnc12)C(=O)NC1C2CC3CC(C2)CC1C3. The van der Waals surface area contributed by atoms with Crippen molar-refractivity contribution in [2.45, 2.75) is 62.4 Å². The average molecular weight is 428 g/mol. The number of benzene rings is 1. The number of rotatable bonds is 5. The molecule has 2 N–H and O–H groups in total. The van der Waals surface area contributed by atoms with Gasteiger partial charge in [-0.05, 0) is 81.8 Å². The van der Waals surface area contributed by atoms with Gasteiger partial charge in [-0.15, -0.1) is 0 Å². The first-order valence-corrected chi connectivity index (χ1v) is 12.4. The van der Waals surface area contributed by atoms with Crippen LogP contribution in [0.1, 0.15) is 46.0 Å². The van der Waals surface area contributed by atoms with E-state index in [2.05, 4.69) is 15.0 Å². The number of para-hydroxylation sites is 1. The van der Waals surface area contributed by atoms with Gasteiger partial charge in [0.25, 0.3) is 0 Å². The summed E-state index contributed by atoms with van der Waals surface area (Å²) in [5.74, 6) is 2.48. The molecule has 1 aromatic heterocycles. The van der Waals surface area contributed by atoms with Crippen LogP contribution in [0.3, 0.4) is 0 Å². The minimum Gasteiger partial charge on any atom is -0.351 e. The van der Waals surface area contributed by atoms with Crippen molar-refractivity contribution in [3.63, 3.8) is 0 Å². The molecule has 6 nitrogen and oxygen atoms in total. The fourth-order valence-corrected chi connectivity index (χ4v) is 7.78. The number of hydrogen-bond donors (Lipinski definition) is 2. The highest BCUT2D eigenvalue weighted by atomic mass is 32.2. The number of carbonyl (C=O) groups excluding carboxylic acids is 1. The zero-order valence-electron chi connectivity index (χ0n) is 17.5. The van der Waals surface area contributed by atoms with E-state index < -0.39 is 15.6 Å². The monoisotopic (exact) mass is 427 g/mol. The maximum Gasteiger partial charge on any atom is 0.243 e. The van der Waals surface area contributed by atoms with Gasteiger partial charge in [-0.3, -0.25) is 9.78 Å². The van der Waals surface area contributed by atoms with Gasteiger partial charge in [0.15, 0.2) is 0 Å². The molecule has 1 amide bonds. The summed E-state index contributed by atoms with van der Waals surface area (Å²) in [4.78, 5) is 17.5. The Hall–Kier alpha value is -1.99. The molecule has 6 rings (SSSR count). The number of nitrogens with one attached hydrogen (secondary N) is 2. The Bertz CT molecular complexity index is 1060. The van der Waals surface area contributed by atoms with Crippen molar-refractivity contribution in [1.29, 1.82) is 0 Å². The third-order valence-electron chi connectivity index (χ3n) is 7.37. The fraction of sp³-hybridized carbons (Fsp3) is 0.565. The molecule has 0 spiro atoms. The van der Waals surface area contributed by atoms with Crippen LogP contribution in [-0.4, -0.2) is 30.9 Å². The van der Waals surface area contributed by atoms with Crippen molar-refractivity contribution in [2.24, 2.45) is 23.7 Å². The van der Waals surface area contributed by atoms with E-state index in [0.717, 1.165) is 17.2 Å². The van der Waals surface area contributed by atoms with Gasteiger partial charge in [-0.25, -0.2) is 8.42 Å². The number of hydrogen-bond acceptors (Lipinski definition) is 4. The highest BCUT2D eigenvalue weighted by Crippen LogP contribution is 2.53. The molecule has 4 aliphatic rings. The summed E-state index contributed by atoms with van der Waals surface area (Å²) in [5, 5.41) is 3.98. The summed E-state index contributed by atoms with van der Waals surface area (Å²) in [6.07, 6.45) is 7.73. The maximum atomic E-state index is 13.2. The molecule has 2 aromatic rings. The molecule has 0 saturated heterocycles. The maximum absolute atomic E-state index is 13.2. The molecule has 1 heterocycles. The predicted molar refractivity (Wildman–Crippen MR) is 115 cm³/mol. The molecule has 0 radical (unpaired) electrons. The Labute approximate surface area is 177 Å². The van der Waals surface area contributed by atoms with E-state index in [-0.39, 0.29) is 16.8 Å². The zero-order valence-corrected chi connectivity index (χ0v) is 18.3. The van der Waals surface area contributed by atoms with Gasteiger partial charge < -0.3 is 5.32 Å². The first kappa shape index (κ1) is 19.9. The second-order valence-corrected chi connectivity index (χ2v) is 11.6. The first-order valence-electron chi connectivity index (χ1n) is 10.9. The van der Waals surface area contributed by atoms with Crippen LogP contribution in [0.2, 0.25) is 0 Å². The van der Waals surface area contributed by atoms with E-state index in [0.29, 0.717) is 17.4 Å². The summed E-state index contributed by atoms with van der Waals surface area (Å²) in [7, 11) is -3.92. The minimum absolute atomic E-state index is 0.0936. The van der Waals surface area contributed by atoms with E-state index in [9.17, 15) is 13.2 Å². The molecule has 4 fully saturated rings. The van der Waals surface area contributed by atoms with Crippen LogP contribution in [0.25, 0.3) is 10.9 Å². The van der Waals surface area contributed by atoms with Crippen LogP contribution in [0.4, 0.5) is 0 Å². The molecular weight excluding hydrogens is 398 g/mol. The largest absolute Gasteiger partial charge is 0.351 e. The van der Waals surface area contributed by atoms with Crippen molar-refractivity contribution in [3.05, 3.63) is 36.5 Å². The number of fused-ring (bicyclic) bond motifs is 1. The minimum atomic E-state index is -3.92. The van der Waals surface area contributed by atoms with Crippen molar-refractivity contribution in [1.82, 2.24) is 15.0 Å². The molecule has 1 aromatic carbocycles. The third kappa shape index (κ3) is 3.42. The topological polar surface area (TPSA) is 88.2 Å². The van der Waals surface area contributed by atoms with Gasteiger partial charge in [-0.2, -0.15) is 4.72 Å². The molecule has 0 aliphatic heterocycles. The van der Waals surface area contributed by atoms with Crippen LogP contribution in [0.15, 0.2) is 41.4 Å². The molecule has 160 valence electrons. The summed E-state index contributed by atoms with van der Waals surface area (Å²) >= 11 is 0. The molecule has 0 atom stereocenters. The van der Waals surface area contributed by atoms with Crippen molar-refractivity contribution < 1.29 is 13.2 Å². The quantitative estimate of drug-likeness (QED) is 0.767. The highest BCUT2D eigenvalue weighted by Gasteiger charge is 2.49. The second kappa shape index (κ2) is 7.02. The molecular formula is C23H29N3O3S. The molecule has 4 bridgehead atoms.